The third-order valence-corrected chi connectivity index (χ3v) is 12.0. The number of fused-ring (bicyclic) bond motifs is 14. The predicted octanol–water partition coefficient (Wildman–Crippen LogP) is 14.2. The van der Waals surface area contributed by atoms with Gasteiger partial charge in [0.05, 0.1) is 22.1 Å². The van der Waals surface area contributed by atoms with Gasteiger partial charge in [0.1, 0.15) is 11.2 Å². The van der Waals surface area contributed by atoms with Gasteiger partial charge in [0.15, 0.2) is 0 Å². The van der Waals surface area contributed by atoms with Crippen LogP contribution in [0.1, 0.15) is 0 Å². The molecule has 3 heteroatoms. The minimum atomic E-state index is 0.901. The number of aromatic nitrogens is 2. The van der Waals surface area contributed by atoms with E-state index in [0.29, 0.717) is 0 Å². The van der Waals surface area contributed by atoms with E-state index in [-0.39, 0.29) is 0 Å². The van der Waals surface area contributed by atoms with Gasteiger partial charge in [-0.1, -0.05) is 133 Å². The molecule has 55 heavy (non-hydrogen) atoms. The molecule has 0 N–H and O–H groups in total. The molecule has 1 aliphatic carbocycles. The van der Waals surface area contributed by atoms with Crippen LogP contribution in [0.25, 0.3) is 121 Å². The highest BCUT2D eigenvalue weighted by Gasteiger charge is 2.26. The van der Waals surface area contributed by atoms with Crippen LogP contribution in [0.2, 0.25) is 0 Å². The average molecular weight is 699 g/mol. The largest absolute Gasteiger partial charge is 0.456 e. The number of benzene rings is 9. The van der Waals surface area contributed by atoms with Crippen molar-refractivity contribution in [3.05, 3.63) is 182 Å². The van der Waals surface area contributed by atoms with Crippen molar-refractivity contribution in [3.8, 4) is 44.8 Å². The van der Waals surface area contributed by atoms with Gasteiger partial charge < -0.3 is 13.6 Å². The fourth-order valence-corrected chi connectivity index (χ4v) is 9.78. The molecular weight excluding hydrogens is 669 g/mol. The van der Waals surface area contributed by atoms with E-state index in [2.05, 4.69) is 191 Å². The van der Waals surface area contributed by atoms with Gasteiger partial charge >= 0.3 is 0 Å². The summed E-state index contributed by atoms with van der Waals surface area (Å²) < 4.78 is 11.5. The van der Waals surface area contributed by atoms with Crippen LogP contribution in [0, 0.1) is 0 Å². The van der Waals surface area contributed by atoms with Crippen molar-refractivity contribution in [3.63, 3.8) is 0 Å². The van der Waals surface area contributed by atoms with Gasteiger partial charge in [-0.15, -0.1) is 0 Å². The smallest absolute Gasteiger partial charge is 0.136 e. The summed E-state index contributed by atoms with van der Waals surface area (Å²) >= 11 is 0. The quantitative estimate of drug-likeness (QED) is 0.180. The van der Waals surface area contributed by atoms with Crippen LogP contribution in [0.5, 0.6) is 0 Å². The topological polar surface area (TPSA) is 23.0 Å². The Labute approximate surface area is 315 Å². The molecule has 0 radical (unpaired) electrons. The van der Waals surface area contributed by atoms with E-state index in [0.717, 1.165) is 38.8 Å². The Kier molecular flexibility index (Phi) is 5.63. The SMILES string of the molecule is c1ccc(-c2cccc(-n3c4ccc5oc6ccccc6c5c4c4ccc5c6ccccc6n(-c6cc7c8c(cccc8c6)-c6ccccc6-7)c5c43)c2)cc1. The lowest BCUT2D eigenvalue weighted by Gasteiger charge is -2.15. The summed E-state index contributed by atoms with van der Waals surface area (Å²) in [6.07, 6.45) is 0. The van der Waals surface area contributed by atoms with Crippen molar-refractivity contribution in [2.24, 2.45) is 0 Å². The zero-order valence-corrected chi connectivity index (χ0v) is 29.6. The molecule has 0 amide bonds. The Morgan fingerprint density at radius 2 is 1.02 bits per heavy atom. The monoisotopic (exact) mass is 698 g/mol. The summed E-state index contributed by atoms with van der Waals surface area (Å²) in [5.74, 6) is 0. The fourth-order valence-electron chi connectivity index (χ4n) is 9.78. The van der Waals surface area contributed by atoms with E-state index in [9.17, 15) is 0 Å². The van der Waals surface area contributed by atoms with Crippen LogP contribution in [0.15, 0.2) is 186 Å². The molecule has 0 fully saturated rings. The van der Waals surface area contributed by atoms with Crippen molar-refractivity contribution >= 4 is 76.3 Å². The second-order valence-corrected chi connectivity index (χ2v) is 14.8. The fraction of sp³-hybridized carbons (Fsp3) is 0. The van der Waals surface area contributed by atoms with Crippen LogP contribution in [-0.2, 0) is 0 Å². The normalized spacial score (nSPS) is 12.4. The molecule has 9 aromatic carbocycles. The highest BCUT2D eigenvalue weighted by atomic mass is 16.3. The van der Waals surface area contributed by atoms with Crippen molar-refractivity contribution < 1.29 is 4.42 Å². The van der Waals surface area contributed by atoms with E-state index in [1.54, 1.807) is 0 Å². The average Bonchev–Trinajstić information content (AvgIpc) is 3.98. The van der Waals surface area contributed by atoms with Crippen LogP contribution >= 0.6 is 0 Å². The summed E-state index contributed by atoms with van der Waals surface area (Å²) in [5.41, 5.74) is 16.4. The maximum Gasteiger partial charge on any atom is 0.136 e. The van der Waals surface area contributed by atoms with Gasteiger partial charge in [-0.2, -0.15) is 0 Å². The first-order chi connectivity index (χ1) is 27.3. The van der Waals surface area contributed by atoms with Crippen LogP contribution in [0.3, 0.4) is 0 Å². The van der Waals surface area contributed by atoms with Crippen LogP contribution in [-0.4, -0.2) is 9.13 Å². The Hall–Kier alpha value is -7.36. The Balaban J connectivity index is 1.24. The Morgan fingerprint density at radius 1 is 0.327 bits per heavy atom. The predicted molar refractivity (Wildman–Crippen MR) is 230 cm³/mol. The molecule has 13 rings (SSSR count). The number of nitrogens with zero attached hydrogens (tertiary/aromatic N) is 2. The van der Waals surface area contributed by atoms with Crippen molar-refractivity contribution in [1.82, 2.24) is 9.13 Å². The number of hydrogen-bond acceptors (Lipinski definition) is 1. The van der Waals surface area contributed by atoms with Crippen molar-refractivity contribution in [2.75, 3.05) is 0 Å². The van der Waals surface area contributed by atoms with E-state index in [1.807, 2.05) is 0 Å². The molecule has 3 aromatic heterocycles. The molecule has 0 bridgehead atoms. The maximum atomic E-state index is 6.52. The molecule has 3 heterocycles. The van der Waals surface area contributed by atoms with Crippen molar-refractivity contribution in [2.45, 2.75) is 0 Å². The highest BCUT2D eigenvalue weighted by Crippen LogP contribution is 2.50. The lowest BCUT2D eigenvalue weighted by Crippen LogP contribution is -1.99. The van der Waals surface area contributed by atoms with E-state index in [1.165, 1.54) is 82.2 Å². The molecule has 0 aliphatic heterocycles. The summed E-state index contributed by atoms with van der Waals surface area (Å²) in [7, 11) is 0. The molecule has 0 spiro atoms. The minimum Gasteiger partial charge on any atom is -0.456 e. The second kappa shape index (κ2) is 10.6. The number of hydrogen-bond donors (Lipinski definition) is 0. The van der Waals surface area contributed by atoms with Crippen LogP contribution < -0.4 is 0 Å². The number of para-hydroxylation sites is 2. The first-order valence-corrected chi connectivity index (χ1v) is 18.9. The minimum absolute atomic E-state index is 0.901. The summed E-state index contributed by atoms with van der Waals surface area (Å²) in [5, 5.41) is 9.74. The Bertz CT molecular complexity index is 3600. The first-order valence-electron chi connectivity index (χ1n) is 18.9. The lowest BCUT2D eigenvalue weighted by molar-refractivity contribution is 0.669. The van der Waals surface area contributed by atoms with Gasteiger partial charge in [-0.05, 0) is 92.7 Å². The second-order valence-electron chi connectivity index (χ2n) is 14.8. The van der Waals surface area contributed by atoms with E-state index < -0.39 is 0 Å². The number of furan rings is 1. The van der Waals surface area contributed by atoms with E-state index in [4.69, 9.17) is 4.42 Å². The molecule has 0 saturated carbocycles. The molecular formula is C52H30N2O. The molecule has 0 atom stereocenters. The summed E-state index contributed by atoms with van der Waals surface area (Å²) in [6, 6.07) is 66.5. The third-order valence-electron chi connectivity index (χ3n) is 12.0. The van der Waals surface area contributed by atoms with Gasteiger partial charge in [-0.3, -0.25) is 0 Å². The molecule has 0 saturated heterocycles. The molecule has 3 nitrogen and oxygen atoms in total. The standard InChI is InChI=1S/C52H30N2O/c1-2-12-31(13-3-1)32-14-10-16-34(28-32)53-45-26-27-47-50(41-20-7-9-23-46(41)55-47)49(45)42-25-24-40-38-19-6-8-22-44(38)54(51(40)52(42)53)35-29-33-15-11-21-39-36-17-4-5-18-37(36)43(30-35)48(33)39/h1-30H. The summed E-state index contributed by atoms with van der Waals surface area (Å²) in [6.45, 7) is 0. The lowest BCUT2D eigenvalue weighted by atomic mass is 10.0. The summed E-state index contributed by atoms with van der Waals surface area (Å²) in [4.78, 5) is 0. The van der Waals surface area contributed by atoms with Crippen LogP contribution in [0.4, 0.5) is 0 Å². The van der Waals surface area contributed by atoms with Gasteiger partial charge in [0.25, 0.3) is 0 Å². The molecule has 0 unspecified atom stereocenters. The van der Waals surface area contributed by atoms with Gasteiger partial charge in [0.2, 0.25) is 0 Å². The third kappa shape index (κ3) is 3.84. The maximum absolute atomic E-state index is 6.52. The number of rotatable bonds is 3. The van der Waals surface area contributed by atoms with Crippen molar-refractivity contribution in [1.29, 1.82) is 0 Å². The Morgan fingerprint density at radius 3 is 1.93 bits per heavy atom. The molecule has 1 aliphatic rings. The van der Waals surface area contributed by atoms with Gasteiger partial charge in [0, 0.05) is 43.7 Å². The van der Waals surface area contributed by atoms with Gasteiger partial charge in [-0.25, -0.2) is 0 Å². The highest BCUT2D eigenvalue weighted by molar-refractivity contribution is 6.32. The first kappa shape index (κ1) is 29.1. The molecule has 12 aromatic rings. The molecule has 254 valence electrons. The van der Waals surface area contributed by atoms with E-state index >= 15 is 0 Å². The zero-order valence-electron chi connectivity index (χ0n) is 29.6. The zero-order chi connectivity index (χ0) is 35.8.